The Morgan fingerprint density at radius 1 is 0.365 bits per heavy atom. The van der Waals surface area contributed by atoms with Crippen molar-refractivity contribution >= 4 is 0 Å². The van der Waals surface area contributed by atoms with Crippen molar-refractivity contribution in [2.45, 2.75) is 110 Å². The van der Waals surface area contributed by atoms with Crippen LogP contribution >= 0.6 is 0 Å². The van der Waals surface area contributed by atoms with Crippen molar-refractivity contribution in [2.24, 2.45) is 10.8 Å². The number of rotatable bonds is 11. The van der Waals surface area contributed by atoms with Crippen LogP contribution in [0.3, 0.4) is 0 Å². The van der Waals surface area contributed by atoms with Crippen molar-refractivity contribution in [1.29, 1.82) is 0 Å². The second kappa shape index (κ2) is 11.4. The molecule has 4 atom stereocenters. The fourth-order valence-corrected chi connectivity index (χ4v) is 15.4. The maximum absolute atomic E-state index is 7.32. The highest BCUT2D eigenvalue weighted by Gasteiger charge is 2.79. The first-order valence-electron chi connectivity index (χ1n) is 20.0. The summed E-state index contributed by atoms with van der Waals surface area (Å²) < 4.78 is 14.6. The summed E-state index contributed by atoms with van der Waals surface area (Å²) in [7, 11) is 0. The Morgan fingerprint density at radius 2 is 0.635 bits per heavy atom. The van der Waals surface area contributed by atoms with E-state index in [2.05, 4.69) is 134 Å². The van der Waals surface area contributed by atoms with Crippen molar-refractivity contribution in [1.82, 2.24) is 0 Å². The summed E-state index contributed by atoms with van der Waals surface area (Å²) in [6, 6.07) is 46.7. The van der Waals surface area contributed by atoms with E-state index in [9.17, 15) is 0 Å². The minimum absolute atomic E-state index is 0.0330. The standard InChI is InChI=1S/C50H54O2/c1-3-25-51-49-33-43(39-17-9-5-10-18-39)27-44(34-49,40-19-11-6-12-20-40)30-47(29-43,37-49)48-31-45(41-21-13-7-14-22-41)28-46(32-48,42-23-15-8-16-24-42)36-50(35-45,38-48)52-26-4-2/h3-24H,1-2,25-38H2. The highest BCUT2D eigenvalue weighted by Crippen LogP contribution is 2.84. The zero-order chi connectivity index (χ0) is 35.2. The molecular formula is C50H54O2. The van der Waals surface area contributed by atoms with Crippen molar-refractivity contribution in [3.05, 3.63) is 169 Å². The van der Waals surface area contributed by atoms with Crippen LogP contribution in [0, 0.1) is 10.8 Å². The summed E-state index contributed by atoms with van der Waals surface area (Å²) in [6.07, 6.45) is 17.9. The monoisotopic (exact) mass is 686 g/mol. The number of ether oxygens (including phenoxy) is 2. The van der Waals surface area contributed by atoms with Crippen LogP contribution in [0.5, 0.6) is 0 Å². The highest BCUT2D eigenvalue weighted by molar-refractivity contribution is 5.46. The van der Waals surface area contributed by atoms with Gasteiger partial charge in [0.1, 0.15) is 0 Å². The molecule has 8 fully saturated rings. The van der Waals surface area contributed by atoms with Crippen LogP contribution in [0.15, 0.2) is 147 Å². The topological polar surface area (TPSA) is 18.5 Å². The quantitative estimate of drug-likeness (QED) is 0.146. The predicted molar refractivity (Wildman–Crippen MR) is 211 cm³/mol. The van der Waals surface area contributed by atoms with Gasteiger partial charge in [-0.25, -0.2) is 0 Å². The van der Waals surface area contributed by atoms with Crippen LogP contribution in [0.2, 0.25) is 0 Å². The lowest BCUT2D eigenvalue weighted by molar-refractivity contribution is -0.297. The number of benzene rings is 4. The van der Waals surface area contributed by atoms with Crippen LogP contribution in [0.4, 0.5) is 0 Å². The third-order valence-corrected chi connectivity index (χ3v) is 15.7. The van der Waals surface area contributed by atoms with Gasteiger partial charge in [-0.1, -0.05) is 133 Å². The van der Waals surface area contributed by atoms with Gasteiger partial charge in [-0.3, -0.25) is 0 Å². The largest absolute Gasteiger partial charge is 0.371 e. The van der Waals surface area contributed by atoms with Gasteiger partial charge in [0, 0.05) is 0 Å². The molecule has 0 spiro atoms. The molecule has 266 valence electrons. The molecule has 0 radical (unpaired) electrons. The molecular weight excluding hydrogens is 633 g/mol. The number of hydrogen-bond donors (Lipinski definition) is 0. The molecule has 8 aliphatic carbocycles. The summed E-state index contributed by atoms with van der Waals surface area (Å²) in [6.45, 7) is 9.56. The zero-order valence-corrected chi connectivity index (χ0v) is 30.8. The molecule has 4 aromatic rings. The van der Waals surface area contributed by atoms with Gasteiger partial charge >= 0.3 is 0 Å². The van der Waals surface area contributed by atoms with E-state index < -0.39 is 0 Å². The van der Waals surface area contributed by atoms with Gasteiger partial charge in [-0.05, 0) is 132 Å². The summed E-state index contributed by atoms with van der Waals surface area (Å²) in [5, 5.41) is 0. The molecule has 8 saturated carbocycles. The average molecular weight is 687 g/mol. The van der Waals surface area contributed by atoms with Gasteiger partial charge in [0.2, 0.25) is 0 Å². The lowest BCUT2D eigenvalue weighted by Gasteiger charge is -2.80. The van der Waals surface area contributed by atoms with Crippen molar-refractivity contribution in [3.8, 4) is 0 Å². The Labute approximate surface area is 311 Å². The zero-order valence-electron chi connectivity index (χ0n) is 30.8. The van der Waals surface area contributed by atoms with Crippen LogP contribution in [0.25, 0.3) is 0 Å². The Kier molecular flexibility index (Phi) is 7.21. The van der Waals surface area contributed by atoms with Gasteiger partial charge in [0.05, 0.1) is 24.4 Å². The van der Waals surface area contributed by atoms with E-state index in [1.54, 1.807) is 0 Å². The van der Waals surface area contributed by atoms with Crippen LogP contribution < -0.4 is 0 Å². The first kappa shape index (κ1) is 32.9. The van der Waals surface area contributed by atoms with E-state index in [1.165, 1.54) is 60.8 Å². The fourth-order valence-electron chi connectivity index (χ4n) is 15.4. The van der Waals surface area contributed by atoms with E-state index in [1.807, 2.05) is 12.2 Å². The molecule has 8 aliphatic rings. The predicted octanol–water partition coefficient (Wildman–Crippen LogP) is 11.4. The minimum Gasteiger partial charge on any atom is -0.371 e. The van der Waals surface area contributed by atoms with E-state index in [-0.39, 0.29) is 43.7 Å². The maximum Gasteiger partial charge on any atom is 0.0709 e. The molecule has 12 rings (SSSR count). The summed E-state index contributed by atoms with van der Waals surface area (Å²) >= 11 is 0. The third-order valence-electron chi connectivity index (χ3n) is 15.7. The van der Waals surface area contributed by atoms with E-state index in [0.29, 0.717) is 13.2 Å². The minimum atomic E-state index is -0.215. The second-order valence-corrected chi connectivity index (χ2v) is 18.8. The van der Waals surface area contributed by atoms with Gasteiger partial charge in [0.15, 0.2) is 0 Å². The molecule has 0 saturated heterocycles. The second-order valence-electron chi connectivity index (χ2n) is 18.8. The molecule has 2 nitrogen and oxygen atoms in total. The van der Waals surface area contributed by atoms with Crippen molar-refractivity contribution in [3.63, 3.8) is 0 Å². The van der Waals surface area contributed by atoms with Crippen molar-refractivity contribution in [2.75, 3.05) is 13.2 Å². The molecule has 0 aliphatic heterocycles. The van der Waals surface area contributed by atoms with Crippen LogP contribution in [0.1, 0.15) is 99.3 Å². The molecule has 2 heteroatoms. The Balaban J connectivity index is 1.25. The molecule has 0 amide bonds. The van der Waals surface area contributed by atoms with Gasteiger partial charge in [0.25, 0.3) is 0 Å². The maximum atomic E-state index is 7.32. The Hall–Kier alpha value is -3.72. The van der Waals surface area contributed by atoms with Gasteiger partial charge < -0.3 is 9.47 Å². The van der Waals surface area contributed by atoms with Gasteiger partial charge in [-0.15, -0.1) is 13.2 Å². The van der Waals surface area contributed by atoms with Crippen LogP contribution in [-0.2, 0) is 31.1 Å². The molecule has 4 aromatic carbocycles. The normalized spacial score (nSPS) is 40.8. The van der Waals surface area contributed by atoms with Crippen LogP contribution in [-0.4, -0.2) is 24.4 Å². The molecule has 8 bridgehead atoms. The Bertz CT molecular complexity index is 1710. The summed E-state index contributed by atoms with van der Waals surface area (Å²) in [5.41, 5.74) is 5.91. The summed E-state index contributed by atoms with van der Waals surface area (Å²) in [4.78, 5) is 0. The van der Waals surface area contributed by atoms with Crippen molar-refractivity contribution < 1.29 is 9.47 Å². The van der Waals surface area contributed by atoms with E-state index >= 15 is 0 Å². The first-order valence-corrected chi connectivity index (χ1v) is 20.0. The lowest BCUT2D eigenvalue weighted by atomic mass is 9.25. The molecule has 0 heterocycles. The lowest BCUT2D eigenvalue weighted by Crippen LogP contribution is -2.76. The fraction of sp³-hybridized carbons (Fsp3) is 0.440. The first-order chi connectivity index (χ1) is 25.3. The SMILES string of the molecule is C=CCOC12CC3(c4ccccc4)CC(c4ccccc4)(C1)CC(C14CC5(OCC=C)CC(c6ccccc6)(CC(c6ccccc6)(C5)C1)C4)(C2)C3. The van der Waals surface area contributed by atoms with Gasteiger partial charge in [-0.2, -0.15) is 0 Å². The molecule has 0 N–H and O–H groups in total. The molecule has 0 aromatic heterocycles. The summed E-state index contributed by atoms with van der Waals surface area (Å²) in [5.74, 6) is 0. The number of hydrogen-bond acceptors (Lipinski definition) is 2. The Morgan fingerprint density at radius 3 is 0.885 bits per heavy atom. The molecule has 52 heavy (non-hydrogen) atoms. The average Bonchev–Trinajstić information content (AvgIpc) is 3.17. The highest BCUT2D eigenvalue weighted by atomic mass is 16.5. The van der Waals surface area contributed by atoms with E-state index in [4.69, 9.17) is 9.47 Å². The smallest absolute Gasteiger partial charge is 0.0709 e. The van der Waals surface area contributed by atoms with E-state index in [0.717, 1.165) is 38.5 Å². The third kappa shape index (κ3) is 4.62. The molecule has 4 unspecified atom stereocenters.